The highest BCUT2D eigenvalue weighted by Crippen LogP contribution is 2.32. The molecule has 7 nitrogen and oxygen atoms in total. The van der Waals surface area contributed by atoms with E-state index in [0.717, 1.165) is 16.5 Å². The Kier molecular flexibility index (Phi) is 4.94. The zero-order valence-corrected chi connectivity index (χ0v) is 15.7. The number of rotatable bonds is 5. The van der Waals surface area contributed by atoms with Crippen LogP contribution in [0.4, 0.5) is 22.9 Å². The van der Waals surface area contributed by atoms with Crippen LogP contribution >= 0.6 is 0 Å². The highest BCUT2D eigenvalue weighted by atomic mass is 16.5. The maximum absolute atomic E-state index is 11.1. The third-order valence-electron chi connectivity index (χ3n) is 4.25. The van der Waals surface area contributed by atoms with Crippen molar-refractivity contribution >= 4 is 39.6 Å². The first kappa shape index (κ1) is 18.2. The van der Waals surface area contributed by atoms with Gasteiger partial charge in [-0.05, 0) is 47.2 Å². The van der Waals surface area contributed by atoms with Crippen molar-refractivity contribution in [2.45, 2.75) is 6.92 Å². The van der Waals surface area contributed by atoms with Crippen LogP contribution in [-0.4, -0.2) is 15.9 Å². The van der Waals surface area contributed by atoms with Crippen molar-refractivity contribution in [3.8, 4) is 11.6 Å². The van der Waals surface area contributed by atoms with E-state index in [1.54, 1.807) is 12.1 Å². The van der Waals surface area contributed by atoms with E-state index in [2.05, 4.69) is 20.6 Å². The molecule has 1 amide bonds. The summed E-state index contributed by atoms with van der Waals surface area (Å²) >= 11 is 0. The standard InChI is InChI=1S/C22H19N5O2/c1-14(28)26-17-7-9-18(10-8-17)27-21-20(23)22(25-13-24-21)29-19-11-6-15-4-2-3-5-16(15)12-19/h2-13H,23H2,1H3,(H,26,28)(H,24,25,27). The molecule has 0 fully saturated rings. The molecule has 0 saturated carbocycles. The number of hydrogen-bond donors (Lipinski definition) is 3. The number of aromatic nitrogens is 2. The monoisotopic (exact) mass is 385 g/mol. The van der Waals surface area contributed by atoms with Crippen molar-refractivity contribution in [2.24, 2.45) is 0 Å². The van der Waals surface area contributed by atoms with Crippen molar-refractivity contribution < 1.29 is 9.53 Å². The number of nitrogen functional groups attached to an aromatic ring is 1. The third-order valence-corrected chi connectivity index (χ3v) is 4.25. The van der Waals surface area contributed by atoms with Gasteiger partial charge in [0.15, 0.2) is 5.82 Å². The third kappa shape index (κ3) is 4.24. The van der Waals surface area contributed by atoms with E-state index in [1.165, 1.54) is 13.3 Å². The SMILES string of the molecule is CC(=O)Nc1ccc(Nc2ncnc(Oc3ccc4ccccc4c3)c2N)cc1. The summed E-state index contributed by atoms with van der Waals surface area (Å²) in [6.45, 7) is 1.46. The molecule has 144 valence electrons. The lowest BCUT2D eigenvalue weighted by atomic mass is 10.1. The fourth-order valence-corrected chi connectivity index (χ4v) is 2.88. The molecule has 7 heteroatoms. The van der Waals surface area contributed by atoms with Gasteiger partial charge in [0.1, 0.15) is 17.8 Å². The van der Waals surface area contributed by atoms with Gasteiger partial charge in [0.05, 0.1) is 0 Å². The zero-order chi connectivity index (χ0) is 20.2. The molecule has 0 aliphatic rings. The average Bonchev–Trinajstić information content (AvgIpc) is 2.72. The topological polar surface area (TPSA) is 102 Å². The Balaban J connectivity index is 1.54. The van der Waals surface area contributed by atoms with Crippen molar-refractivity contribution in [2.75, 3.05) is 16.4 Å². The van der Waals surface area contributed by atoms with Gasteiger partial charge in [0, 0.05) is 18.3 Å². The van der Waals surface area contributed by atoms with E-state index >= 15 is 0 Å². The first-order valence-corrected chi connectivity index (χ1v) is 9.00. The van der Waals surface area contributed by atoms with Gasteiger partial charge >= 0.3 is 0 Å². The van der Waals surface area contributed by atoms with Gasteiger partial charge in [0.2, 0.25) is 11.8 Å². The second-order valence-electron chi connectivity index (χ2n) is 6.44. The second-order valence-corrected chi connectivity index (χ2v) is 6.44. The zero-order valence-electron chi connectivity index (χ0n) is 15.7. The Morgan fingerprint density at radius 2 is 1.66 bits per heavy atom. The fourth-order valence-electron chi connectivity index (χ4n) is 2.88. The van der Waals surface area contributed by atoms with E-state index in [4.69, 9.17) is 10.5 Å². The van der Waals surface area contributed by atoms with E-state index in [-0.39, 0.29) is 11.8 Å². The summed E-state index contributed by atoms with van der Waals surface area (Å²) < 4.78 is 5.89. The molecule has 0 aliphatic heterocycles. The Morgan fingerprint density at radius 1 is 0.931 bits per heavy atom. The molecule has 29 heavy (non-hydrogen) atoms. The van der Waals surface area contributed by atoms with Gasteiger partial charge in [-0.25, -0.2) is 4.98 Å². The van der Waals surface area contributed by atoms with Crippen molar-refractivity contribution in [3.05, 3.63) is 73.1 Å². The first-order valence-electron chi connectivity index (χ1n) is 9.00. The van der Waals surface area contributed by atoms with E-state index in [0.29, 0.717) is 22.9 Å². The summed E-state index contributed by atoms with van der Waals surface area (Å²) in [5.74, 6) is 1.22. The van der Waals surface area contributed by atoms with Gasteiger partial charge in [-0.1, -0.05) is 30.3 Å². The number of nitrogens with zero attached hydrogens (tertiary/aromatic N) is 2. The molecule has 0 saturated heterocycles. The molecule has 4 rings (SSSR count). The predicted octanol–water partition coefficient (Wildman–Crippen LogP) is 4.71. The smallest absolute Gasteiger partial charge is 0.248 e. The molecule has 4 N–H and O–H groups in total. The van der Waals surface area contributed by atoms with Crippen LogP contribution in [-0.2, 0) is 4.79 Å². The normalized spacial score (nSPS) is 10.5. The number of carbonyl (C=O) groups is 1. The number of anilines is 4. The predicted molar refractivity (Wildman–Crippen MR) is 114 cm³/mol. The minimum absolute atomic E-state index is 0.124. The van der Waals surface area contributed by atoms with Crippen LogP contribution in [0.3, 0.4) is 0 Å². The van der Waals surface area contributed by atoms with Crippen LogP contribution in [0.1, 0.15) is 6.92 Å². The number of ether oxygens (including phenoxy) is 1. The Morgan fingerprint density at radius 3 is 2.41 bits per heavy atom. The number of hydrogen-bond acceptors (Lipinski definition) is 6. The Hall–Kier alpha value is -4.13. The number of fused-ring (bicyclic) bond motifs is 1. The molecule has 0 aliphatic carbocycles. The average molecular weight is 385 g/mol. The van der Waals surface area contributed by atoms with Gasteiger partial charge < -0.3 is 21.1 Å². The quantitative estimate of drug-likeness (QED) is 0.460. The van der Waals surface area contributed by atoms with Crippen LogP contribution in [0.15, 0.2) is 73.1 Å². The van der Waals surface area contributed by atoms with Crippen molar-refractivity contribution in [1.29, 1.82) is 0 Å². The molecule has 0 radical (unpaired) electrons. The van der Waals surface area contributed by atoms with Crippen molar-refractivity contribution in [1.82, 2.24) is 9.97 Å². The molecule has 0 bridgehead atoms. The molecule has 1 aromatic heterocycles. The summed E-state index contributed by atoms with van der Waals surface area (Å²) in [7, 11) is 0. The van der Waals surface area contributed by atoms with Gasteiger partial charge in [-0.2, -0.15) is 4.98 Å². The summed E-state index contributed by atoms with van der Waals surface area (Å²) in [5.41, 5.74) is 7.99. The van der Waals surface area contributed by atoms with E-state index in [9.17, 15) is 4.79 Å². The highest BCUT2D eigenvalue weighted by Gasteiger charge is 2.11. The van der Waals surface area contributed by atoms with Gasteiger partial charge in [-0.3, -0.25) is 4.79 Å². The molecule has 4 aromatic rings. The maximum atomic E-state index is 11.1. The minimum atomic E-state index is -0.124. The Bertz CT molecular complexity index is 1180. The molecule has 0 spiro atoms. The molecular weight excluding hydrogens is 366 g/mol. The van der Waals surface area contributed by atoms with Gasteiger partial charge in [-0.15, -0.1) is 0 Å². The van der Waals surface area contributed by atoms with Gasteiger partial charge in [0.25, 0.3) is 0 Å². The van der Waals surface area contributed by atoms with Crippen LogP contribution < -0.4 is 21.1 Å². The van der Waals surface area contributed by atoms with Crippen LogP contribution in [0.2, 0.25) is 0 Å². The van der Waals surface area contributed by atoms with E-state index < -0.39 is 0 Å². The number of carbonyl (C=O) groups excluding carboxylic acids is 1. The lowest BCUT2D eigenvalue weighted by Crippen LogP contribution is -2.06. The number of nitrogens with one attached hydrogen (secondary N) is 2. The molecule has 0 unspecified atom stereocenters. The highest BCUT2D eigenvalue weighted by molar-refractivity contribution is 5.89. The summed E-state index contributed by atoms with van der Waals surface area (Å²) in [6, 6.07) is 21.0. The lowest BCUT2D eigenvalue weighted by Gasteiger charge is -2.12. The maximum Gasteiger partial charge on any atom is 0.248 e. The lowest BCUT2D eigenvalue weighted by molar-refractivity contribution is -0.114. The van der Waals surface area contributed by atoms with Crippen LogP contribution in [0.5, 0.6) is 11.6 Å². The largest absolute Gasteiger partial charge is 0.437 e. The molecule has 1 heterocycles. The van der Waals surface area contributed by atoms with E-state index in [1.807, 2.05) is 54.6 Å². The molecular formula is C22H19N5O2. The Labute approximate surface area is 167 Å². The fraction of sp³-hybridized carbons (Fsp3) is 0.0455. The second kappa shape index (κ2) is 7.85. The van der Waals surface area contributed by atoms with Crippen molar-refractivity contribution in [3.63, 3.8) is 0 Å². The minimum Gasteiger partial charge on any atom is -0.437 e. The number of nitrogens with two attached hydrogens (primary N) is 1. The van der Waals surface area contributed by atoms with Crippen LogP contribution in [0, 0.1) is 0 Å². The summed E-state index contributed by atoms with van der Waals surface area (Å²) in [5, 5.41) is 8.05. The summed E-state index contributed by atoms with van der Waals surface area (Å²) in [4.78, 5) is 19.5. The molecule has 3 aromatic carbocycles. The van der Waals surface area contributed by atoms with Crippen LogP contribution in [0.25, 0.3) is 10.8 Å². The summed E-state index contributed by atoms with van der Waals surface area (Å²) in [6.07, 6.45) is 1.39. The molecule has 0 atom stereocenters. The first-order chi connectivity index (χ1) is 14.1. The number of benzene rings is 3. The number of amides is 1.